The lowest BCUT2D eigenvalue weighted by atomic mass is 10.1. The Bertz CT molecular complexity index is 773. The first-order chi connectivity index (χ1) is 13.2. The van der Waals surface area contributed by atoms with Crippen LogP contribution in [-0.2, 0) is 6.54 Å². The lowest BCUT2D eigenvalue weighted by molar-refractivity contribution is 0.251. The highest BCUT2D eigenvalue weighted by atomic mass is 16.5. The average Bonchev–Trinajstić information content (AvgIpc) is 2.73. The van der Waals surface area contributed by atoms with Gasteiger partial charge in [-0.1, -0.05) is 12.1 Å². The molecule has 2 aromatic carbocycles. The molecule has 0 saturated carbocycles. The van der Waals surface area contributed by atoms with Gasteiger partial charge in [0.05, 0.1) is 14.2 Å². The summed E-state index contributed by atoms with van der Waals surface area (Å²) in [6.07, 6.45) is 3.75. The van der Waals surface area contributed by atoms with E-state index in [1.54, 1.807) is 14.2 Å². The van der Waals surface area contributed by atoms with Crippen LogP contribution in [0.5, 0.6) is 11.5 Å². The summed E-state index contributed by atoms with van der Waals surface area (Å²) in [6, 6.07) is 13.4. The van der Waals surface area contributed by atoms with Gasteiger partial charge in [0.15, 0.2) is 11.5 Å². The molecule has 27 heavy (non-hydrogen) atoms. The maximum atomic E-state index is 12.3. The highest BCUT2D eigenvalue weighted by Crippen LogP contribution is 2.27. The third-order valence-corrected chi connectivity index (χ3v) is 4.73. The number of ether oxygens (including phenoxy) is 2. The summed E-state index contributed by atoms with van der Waals surface area (Å²) in [7, 11) is 3.19. The first kappa shape index (κ1) is 18.9. The molecule has 1 aliphatic rings. The zero-order valence-electron chi connectivity index (χ0n) is 16.0. The molecule has 0 aromatic heterocycles. The van der Waals surface area contributed by atoms with Crippen LogP contribution in [0, 0.1) is 0 Å². The Morgan fingerprint density at radius 1 is 1.00 bits per heavy atom. The average molecular weight is 369 g/mol. The molecule has 0 unspecified atom stereocenters. The van der Waals surface area contributed by atoms with E-state index in [-0.39, 0.29) is 6.03 Å². The predicted octanol–water partition coefficient (Wildman–Crippen LogP) is 4.02. The molecule has 0 aliphatic carbocycles. The zero-order chi connectivity index (χ0) is 19.1. The number of rotatable bonds is 6. The van der Waals surface area contributed by atoms with Crippen LogP contribution in [0.25, 0.3) is 0 Å². The molecule has 2 N–H and O–H groups in total. The Labute approximate surface area is 160 Å². The van der Waals surface area contributed by atoms with Crippen molar-refractivity contribution in [2.75, 3.05) is 37.5 Å². The Morgan fingerprint density at radius 3 is 2.52 bits per heavy atom. The summed E-state index contributed by atoms with van der Waals surface area (Å²) in [5.74, 6) is 1.31. The lowest BCUT2D eigenvalue weighted by Crippen LogP contribution is -2.30. The fraction of sp³-hybridized carbons (Fsp3) is 0.381. The predicted molar refractivity (Wildman–Crippen MR) is 108 cm³/mol. The number of urea groups is 1. The van der Waals surface area contributed by atoms with E-state index in [0.29, 0.717) is 18.0 Å². The first-order valence-corrected chi connectivity index (χ1v) is 9.30. The van der Waals surface area contributed by atoms with Crippen LogP contribution >= 0.6 is 0 Å². The van der Waals surface area contributed by atoms with Gasteiger partial charge in [-0.15, -0.1) is 0 Å². The molecule has 0 atom stereocenters. The molecule has 0 bridgehead atoms. The fourth-order valence-corrected chi connectivity index (χ4v) is 3.28. The normalized spacial score (nSPS) is 13.8. The minimum Gasteiger partial charge on any atom is -0.493 e. The molecule has 1 heterocycles. The number of nitrogens with one attached hydrogen (secondary N) is 2. The van der Waals surface area contributed by atoms with Gasteiger partial charge >= 0.3 is 6.03 Å². The number of benzene rings is 2. The second-order valence-corrected chi connectivity index (χ2v) is 6.60. The quantitative estimate of drug-likeness (QED) is 0.807. The van der Waals surface area contributed by atoms with E-state index in [4.69, 9.17) is 9.47 Å². The van der Waals surface area contributed by atoms with E-state index in [1.165, 1.54) is 19.3 Å². The van der Waals surface area contributed by atoms with E-state index in [9.17, 15) is 4.79 Å². The molecular formula is C21H27N3O3. The molecule has 3 rings (SSSR count). The van der Waals surface area contributed by atoms with Crippen LogP contribution in [-0.4, -0.2) is 33.3 Å². The largest absolute Gasteiger partial charge is 0.493 e. The SMILES string of the molecule is COc1ccc(CNC(=O)Nc2cccc(N3CCCCC3)c2)cc1OC. The van der Waals surface area contributed by atoms with Gasteiger partial charge < -0.3 is 25.0 Å². The van der Waals surface area contributed by atoms with E-state index < -0.39 is 0 Å². The monoisotopic (exact) mass is 369 g/mol. The van der Waals surface area contributed by atoms with Crippen LogP contribution < -0.4 is 25.0 Å². The second kappa shape index (κ2) is 9.16. The molecule has 1 aliphatic heterocycles. The van der Waals surface area contributed by atoms with Crippen molar-refractivity contribution >= 4 is 17.4 Å². The molecule has 144 valence electrons. The van der Waals surface area contributed by atoms with Crippen LogP contribution in [0.4, 0.5) is 16.2 Å². The molecular weight excluding hydrogens is 342 g/mol. The number of carbonyl (C=O) groups excluding carboxylic acids is 1. The number of anilines is 2. The smallest absolute Gasteiger partial charge is 0.319 e. The number of carbonyl (C=O) groups is 1. The number of amides is 2. The van der Waals surface area contributed by atoms with E-state index in [0.717, 1.165) is 30.0 Å². The van der Waals surface area contributed by atoms with Gasteiger partial charge in [0.1, 0.15) is 0 Å². The standard InChI is InChI=1S/C21H27N3O3/c1-26-19-10-9-16(13-20(19)27-2)15-22-21(25)23-17-7-6-8-18(14-17)24-11-4-3-5-12-24/h6-10,13-14H,3-5,11-12,15H2,1-2H3,(H2,22,23,25). The summed E-state index contributed by atoms with van der Waals surface area (Å²) in [5.41, 5.74) is 2.89. The Kier molecular flexibility index (Phi) is 6.41. The topological polar surface area (TPSA) is 62.8 Å². The van der Waals surface area contributed by atoms with Gasteiger partial charge in [0.2, 0.25) is 0 Å². The van der Waals surface area contributed by atoms with Crippen molar-refractivity contribution in [2.24, 2.45) is 0 Å². The second-order valence-electron chi connectivity index (χ2n) is 6.60. The van der Waals surface area contributed by atoms with Gasteiger partial charge in [0, 0.05) is 31.0 Å². The molecule has 0 spiro atoms. The minimum absolute atomic E-state index is 0.236. The lowest BCUT2D eigenvalue weighted by Gasteiger charge is -2.29. The number of piperidine rings is 1. The summed E-state index contributed by atoms with van der Waals surface area (Å²) < 4.78 is 10.5. The number of methoxy groups -OCH3 is 2. The minimum atomic E-state index is -0.236. The maximum Gasteiger partial charge on any atom is 0.319 e. The van der Waals surface area contributed by atoms with Crippen molar-refractivity contribution in [1.29, 1.82) is 0 Å². The van der Waals surface area contributed by atoms with Crippen LogP contribution in [0.15, 0.2) is 42.5 Å². The highest BCUT2D eigenvalue weighted by Gasteiger charge is 2.12. The Hall–Kier alpha value is -2.89. The third kappa shape index (κ3) is 5.06. The number of hydrogen-bond donors (Lipinski definition) is 2. The van der Waals surface area contributed by atoms with Gasteiger partial charge in [-0.25, -0.2) is 4.79 Å². The highest BCUT2D eigenvalue weighted by molar-refractivity contribution is 5.89. The summed E-state index contributed by atoms with van der Waals surface area (Å²) >= 11 is 0. The molecule has 1 fully saturated rings. The molecule has 6 nitrogen and oxygen atoms in total. The van der Waals surface area contributed by atoms with Crippen molar-refractivity contribution < 1.29 is 14.3 Å². The van der Waals surface area contributed by atoms with Crippen molar-refractivity contribution in [3.8, 4) is 11.5 Å². The van der Waals surface area contributed by atoms with E-state index in [2.05, 4.69) is 21.6 Å². The van der Waals surface area contributed by atoms with Crippen LogP contribution in [0.2, 0.25) is 0 Å². The van der Waals surface area contributed by atoms with Crippen molar-refractivity contribution in [2.45, 2.75) is 25.8 Å². The molecule has 2 amide bonds. The number of nitrogens with zero attached hydrogens (tertiary/aromatic N) is 1. The van der Waals surface area contributed by atoms with Gasteiger partial charge in [-0.2, -0.15) is 0 Å². The van der Waals surface area contributed by atoms with Crippen molar-refractivity contribution in [3.05, 3.63) is 48.0 Å². The summed E-state index contributed by atoms with van der Waals surface area (Å²) in [5, 5.41) is 5.79. The fourth-order valence-electron chi connectivity index (χ4n) is 3.28. The molecule has 6 heteroatoms. The maximum absolute atomic E-state index is 12.3. The molecule has 1 saturated heterocycles. The zero-order valence-corrected chi connectivity index (χ0v) is 16.0. The van der Waals surface area contributed by atoms with Gasteiger partial charge in [-0.05, 0) is 55.2 Å². The third-order valence-electron chi connectivity index (χ3n) is 4.73. The van der Waals surface area contributed by atoms with E-state index in [1.807, 2.05) is 36.4 Å². The van der Waals surface area contributed by atoms with Crippen molar-refractivity contribution in [3.63, 3.8) is 0 Å². The van der Waals surface area contributed by atoms with Crippen LogP contribution in [0.1, 0.15) is 24.8 Å². The number of hydrogen-bond acceptors (Lipinski definition) is 4. The van der Waals surface area contributed by atoms with E-state index >= 15 is 0 Å². The van der Waals surface area contributed by atoms with Crippen LogP contribution in [0.3, 0.4) is 0 Å². The summed E-state index contributed by atoms with van der Waals surface area (Å²) in [4.78, 5) is 14.6. The van der Waals surface area contributed by atoms with Crippen molar-refractivity contribution in [1.82, 2.24) is 5.32 Å². The first-order valence-electron chi connectivity index (χ1n) is 9.30. The summed E-state index contributed by atoms with van der Waals surface area (Å²) in [6.45, 7) is 2.56. The van der Waals surface area contributed by atoms with Gasteiger partial charge in [0.25, 0.3) is 0 Å². The molecule has 2 aromatic rings. The Balaban J connectivity index is 1.56. The molecule has 0 radical (unpaired) electrons. The van der Waals surface area contributed by atoms with Gasteiger partial charge in [-0.3, -0.25) is 0 Å². The Morgan fingerprint density at radius 2 is 1.78 bits per heavy atom.